The third-order valence-corrected chi connectivity index (χ3v) is 2.03. The fraction of sp³-hybridized carbons (Fsp3) is 1.00. The summed E-state index contributed by atoms with van der Waals surface area (Å²) >= 11 is 0. The normalized spacial score (nSPS) is 19.5. The van der Waals surface area contributed by atoms with Crippen LogP contribution in [0.5, 0.6) is 0 Å². The molecular weight excluding hydrogens is 287 g/mol. The van der Waals surface area contributed by atoms with Gasteiger partial charge in [0.1, 0.15) is 0 Å². The van der Waals surface area contributed by atoms with E-state index in [4.69, 9.17) is 10.2 Å². The Bertz CT molecular complexity index is 284. The second-order valence-corrected chi connectivity index (χ2v) is 3.41. The molecule has 0 bridgehead atoms. The minimum Gasteiger partial charge on any atom is -0.394 e. The first-order valence-electron chi connectivity index (χ1n) is 4.20. The standard InChI is InChI=1S/C7H7F9O2/c8-4(6(11,12)13,1-3(18)2-17)5(9,10)7(14,15)16/h3,17-18H,1-2H2. The number of aliphatic hydroxyl groups excluding tert-OH is 2. The lowest BCUT2D eigenvalue weighted by Crippen LogP contribution is -2.63. The SMILES string of the molecule is OCC(O)CC(F)(C(F)(F)F)C(F)(F)C(F)(F)F. The van der Waals surface area contributed by atoms with Gasteiger partial charge in [0, 0.05) is 6.42 Å². The van der Waals surface area contributed by atoms with Gasteiger partial charge in [0.05, 0.1) is 12.7 Å². The van der Waals surface area contributed by atoms with Gasteiger partial charge < -0.3 is 10.2 Å². The number of rotatable bonds is 4. The van der Waals surface area contributed by atoms with E-state index in [-0.39, 0.29) is 0 Å². The molecule has 0 aromatic carbocycles. The van der Waals surface area contributed by atoms with Crippen LogP contribution in [0.1, 0.15) is 6.42 Å². The minimum absolute atomic E-state index is 1.60. The van der Waals surface area contributed by atoms with Crippen LogP contribution in [0.15, 0.2) is 0 Å². The van der Waals surface area contributed by atoms with E-state index in [1.807, 2.05) is 0 Å². The average Bonchev–Trinajstić information content (AvgIpc) is 2.13. The highest BCUT2D eigenvalue weighted by atomic mass is 19.4. The second-order valence-electron chi connectivity index (χ2n) is 3.41. The zero-order valence-corrected chi connectivity index (χ0v) is 8.29. The van der Waals surface area contributed by atoms with Crippen molar-refractivity contribution in [2.24, 2.45) is 0 Å². The Balaban J connectivity index is 5.64. The van der Waals surface area contributed by atoms with Gasteiger partial charge in [-0.2, -0.15) is 35.1 Å². The zero-order chi connectivity index (χ0) is 15.0. The molecule has 0 aliphatic heterocycles. The summed E-state index contributed by atoms with van der Waals surface area (Å²) in [6.45, 7) is -1.60. The fourth-order valence-electron chi connectivity index (χ4n) is 1.04. The average molecular weight is 294 g/mol. The summed E-state index contributed by atoms with van der Waals surface area (Å²) in [6.07, 6.45) is -18.7. The molecule has 0 rings (SSSR count). The van der Waals surface area contributed by atoms with Gasteiger partial charge in [-0.15, -0.1) is 0 Å². The van der Waals surface area contributed by atoms with Crippen LogP contribution in [0.3, 0.4) is 0 Å². The van der Waals surface area contributed by atoms with Gasteiger partial charge >= 0.3 is 18.3 Å². The molecule has 0 amide bonds. The first kappa shape index (κ1) is 17.3. The van der Waals surface area contributed by atoms with Crippen LogP contribution in [-0.4, -0.2) is 46.9 Å². The number of aliphatic hydroxyl groups is 2. The number of halogens is 9. The molecule has 0 heterocycles. The van der Waals surface area contributed by atoms with Crippen molar-refractivity contribution in [3.63, 3.8) is 0 Å². The molecular formula is C7H7F9O2. The molecule has 18 heavy (non-hydrogen) atoms. The van der Waals surface area contributed by atoms with Crippen LogP contribution in [0.4, 0.5) is 39.5 Å². The molecule has 0 aliphatic carbocycles. The molecule has 2 N–H and O–H groups in total. The van der Waals surface area contributed by atoms with Gasteiger partial charge in [-0.1, -0.05) is 0 Å². The fourth-order valence-corrected chi connectivity index (χ4v) is 1.04. The highest BCUT2D eigenvalue weighted by Crippen LogP contribution is 2.54. The molecule has 0 aromatic rings. The number of alkyl halides is 9. The molecule has 0 aromatic heterocycles. The van der Waals surface area contributed by atoms with Crippen LogP contribution in [-0.2, 0) is 0 Å². The molecule has 2 nitrogen and oxygen atoms in total. The van der Waals surface area contributed by atoms with E-state index in [0.29, 0.717) is 0 Å². The first-order valence-corrected chi connectivity index (χ1v) is 4.20. The summed E-state index contributed by atoms with van der Waals surface area (Å²) < 4.78 is 110. The Labute approximate surface area is 94.0 Å². The maximum absolute atomic E-state index is 13.1. The number of hydrogen-bond acceptors (Lipinski definition) is 2. The largest absolute Gasteiger partial charge is 0.457 e. The molecule has 11 heteroatoms. The zero-order valence-electron chi connectivity index (χ0n) is 8.29. The van der Waals surface area contributed by atoms with Crippen LogP contribution < -0.4 is 0 Å². The van der Waals surface area contributed by atoms with E-state index < -0.39 is 43.1 Å². The van der Waals surface area contributed by atoms with Gasteiger partial charge in [0.2, 0.25) is 0 Å². The van der Waals surface area contributed by atoms with Crippen molar-refractivity contribution in [3.8, 4) is 0 Å². The van der Waals surface area contributed by atoms with Crippen molar-refractivity contribution in [2.75, 3.05) is 6.61 Å². The molecule has 0 fully saturated rings. The quantitative estimate of drug-likeness (QED) is 0.780. The summed E-state index contributed by atoms with van der Waals surface area (Å²) in [5.41, 5.74) is -6.03. The molecule has 0 spiro atoms. The Morgan fingerprint density at radius 3 is 1.39 bits per heavy atom. The van der Waals surface area contributed by atoms with Gasteiger partial charge in [0.15, 0.2) is 0 Å². The van der Waals surface area contributed by atoms with Crippen molar-refractivity contribution in [1.82, 2.24) is 0 Å². The summed E-state index contributed by atoms with van der Waals surface area (Å²) in [7, 11) is 0. The van der Waals surface area contributed by atoms with E-state index in [1.165, 1.54) is 0 Å². The molecule has 2 atom stereocenters. The van der Waals surface area contributed by atoms with Crippen LogP contribution >= 0.6 is 0 Å². The lowest BCUT2D eigenvalue weighted by molar-refractivity contribution is -0.387. The summed E-state index contributed by atoms with van der Waals surface area (Å²) in [4.78, 5) is 0. The predicted octanol–water partition coefficient (Wildman–Crippen LogP) is 2.20. The molecule has 0 saturated carbocycles. The topological polar surface area (TPSA) is 40.5 Å². The van der Waals surface area contributed by atoms with Gasteiger partial charge in [-0.05, 0) is 0 Å². The summed E-state index contributed by atoms with van der Waals surface area (Å²) in [5, 5.41) is 16.6. The van der Waals surface area contributed by atoms with Crippen molar-refractivity contribution in [2.45, 2.75) is 36.5 Å². The molecule has 2 unspecified atom stereocenters. The van der Waals surface area contributed by atoms with Crippen molar-refractivity contribution in [1.29, 1.82) is 0 Å². The minimum atomic E-state index is -6.80. The Hall–Kier alpha value is -0.710. The van der Waals surface area contributed by atoms with Crippen LogP contribution in [0.2, 0.25) is 0 Å². The van der Waals surface area contributed by atoms with Gasteiger partial charge in [0.25, 0.3) is 5.67 Å². The van der Waals surface area contributed by atoms with E-state index in [0.717, 1.165) is 0 Å². The Kier molecular flexibility index (Phi) is 4.57. The van der Waals surface area contributed by atoms with E-state index in [1.54, 1.807) is 0 Å². The van der Waals surface area contributed by atoms with Crippen LogP contribution in [0.25, 0.3) is 0 Å². The lowest BCUT2D eigenvalue weighted by Gasteiger charge is -2.36. The smallest absolute Gasteiger partial charge is 0.394 e. The van der Waals surface area contributed by atoms with Crippen molar-refractivity contribution < 1.29 is 49.7 Å². The van der Waals surface area contributed by atoms with Crippen LogP contribution in [0, 0.1) is 0 Å². The van der Waals surface area contributed by atoms with Gasteiger partial charge in [-0.3, -0.25) is 0 Å². The molecule has 0 radical (unpaired) electrons. The third-order valence-electron chi connectivity index (χ3n) is 2.03. The molecule has 0 aliphatic rings. The summed E-state index contributed by atoms with van der Waals surface area (Å²) in [5.74, 6) is -6.76. The monoisotopic (exact) mass is 294 g/mol. The maximum atomic E-state index is 13.1. The third kappa shape index (κ3) is 2.82. The Morgan fingerprint density at radius 2 is 1.17 bits per heavy atom. The molecule has 0 saturated heterocycles. The van der Waals surface area contributed by atoms with Gasteiger partial charge in [-0.25, -0.2) is 4.39 Å². The Morgan fingerprint density at radius 1 is 0.778 bits per heavy atom. The first-order chi connectivity index (χ1) is 7.70. The van der Waals surface area contributed by atoms with E-state index >= 15 is 0 Å². The predicted molar refractivity (Wildman–Crippen MR) is 38.6 cm³/mol. The highest BCUT2D eigenvalue weighted by molar-refractivity contribution is 5.04. The summed E-state index contributed by atoms with van der Waals surface area (Å²) in [6, 6.07) is 0. The lowest BCUT2D eigenvalue weighted by atomic mass is 9.89. The molecule has 110 valence electrons. The second kappa shape index (κ2) is 4.76. The van der Waals surface area contributed by atoms with E-state index in [9.17, 15) is 39.5 Å². The van der Waals surface area contributed by atoms with E-state index in [2.05, 4.69) is 0 Å². The highest BCUT2D eigenvalue weighted by Gasteiger charge is 2.80. The van der Waals surface area contributed by atoms with Crippen molar-refractivity contribution >= 4 is 0 Å². The maximum Gasteiger partial charge on any atom is 0.457 e. The number of hydrogen-bond donors (Lipinski definition) is 2. The van der Waals surface area contributed by atoms with Crippen molar-refractivity contribution in [3.05, 3.63) is 0 Å².